The van der Waals surface area contributed by atoms with Crippen molar-refractivity contribution in [2.75, 3.05) is 23.5 Å². The molecular formula is C12H16O4S3. The van der Waals surface area contributed by atoms with Crippen molar-refractivity contribution in [2.24, 2.45) is 0 Å². The highest BCUT2D eigenvalue weighted by Gasteiger charge is 2.16. The van der Waals surface area contributed by atoms with Gasteiger partial charge in [-0.25, -0.2) is 13.2 Å². The molecule has 0 spiro atoms. The summed E-state index contributed by atoms with van der Waals surface area (Å²) in [6.07, 6.45) is 1.18. The van der Waals surface area contributed by atoms with Crippen LogP contribution in [0.25, 0.3) is 0 Å². The van der Waals surface area contributed by atoms with Gasteiger partial charge in [0, 0.05) is 21.8 Å². The number of benzene rings is 1. The molecule has 0 heterocycles. The molecule has 0 aliphatic carbocycles. The molecule has 1 rings (SSSR count). The molecule has 0 aliphatic rings. The molecule has 106 valence electrons. The van der Waals surface area contributed by atoms with E-state index in [4.69, 9.17) is 0 Å². The van der Waals surface area contributed by atoms with Crippen molar-refractivity contribution >= 4 is 39.3 Å². The van der Waals surface area contributed by atoms with Crippen LogP contribution in [0.1, 0.15) is 17.3 Å². The first kappa shape index (κ1) is 16.4. The molecule has 0 saturated heterocycles. The Labute approximate surface area is 121 Å². The van der Waals surface area contributed by atoms with Crippen molar-refractivity contribution < 1.29 is 18.3 Å². The van der Waals surface area contributed by atoms with Gasteiger partial charge in [-0.3, -0.25) is 0 Å². The number of carbonyl (C=O) groups is 1. The van der Waals surface area contributed by atoms with Crippen molar-refractivity contribution in [1.29, 1.82) is 0 Å². The average molecular weight is 320 g/mol. The number of hydrogen-bond acceptors (Lipinski definition) is 5. The Hall–Kier alpha value is -0.660. The van der Waals surface area contributed by atoms with E-state index in [1.54, 1.807) is 18.2 Å². The van der Waals surface area contributed by atoms with Crippen molar-refractivity contribution in [2.45, 2.75) is 16.7 Å². The maximum absolute atomic E-state index is 11.3. The number of carboxylic acids is 1. The number of sulfone groups is 1. The van der Waals surface area contributed by atoms with Crippen LogP contribution in [0, 0.1) is 0 Å². The molecule has 0 saturated carbocycles. The molecule has 0 bridgehead atoms. The summed E-state index contributed by atoms with van der Waals surface area (Å²) >= 11 is 2.74. The number of carboxylic acid groups (broad SMARTS) is 1. The molecular weight excluding hydrogens is 304 g/mol. The summed E-state index contributed by atoms with van der Waals surface area (Å²) in [6, 6.07) is 5.29. The summed E-state index contributed by atoms with van der Waals surface area (Å²) in [5.41, 5.74) is 0.271. The lowest BCUT2D eigenvalue weighted by atomic mass is 10.2. The zero-order valence-electron chi connectivity index (χ0n) is 10.8. The fourth-order valence-corrected chi connectivity index (χ4v) is 4.59. The van der Waals surface area contributed by atoms with E-state index in [2.05, 4.69) is 0 Å². The fraction of sp³-hybridized carbons (Fsp3) is 0.417. The van der Waals surface area contributed by atoms with Crippen molar-refractivity contribution in [3.8, 4) is 0 Å². The molecule has 0 atom stereocenters. The van der Waals surface area contributed by atoms with E-state index in [-0.39, 0.29) is 11.3 Å². The zero-order chi connectivity index (χ0) is 14.5. The number of aromatic carboxylic acids is 1. The molecule has 1 N–H and O–H groups in total. The third-order valence-electron chi connectivity index (χ3n) is 2.21. The van der Waals surface area contributed by atoms with Gasteiger partial charge in [0.15, 0.2) is 0 Å². The van der Waals surface area contributed by atoms with E-state index in [1.807, 2.05) is 6.92 Å². The molecule has 0 unspecified atom stereocenters. The van der Waals surface area contributed by atoms with Gasteiger partial charge in [0.05, 0.1) is 11.3 Å². The maximum atomic E-state index is 11.3. The molecule has 19 heavy (non-hydrogen) atoms. The number of rotatable bonds is 7. The van der Waals surface area contributed by atoms with Crippen LogP contribution in [-0.4, -0.2) is 43.0 Å². The molecule has 1 aromatic carbocycles. The van der Waals surface area contributed by atoms with Crippen molar-refractivity contribution in [3.05, 3.63) is 23.8 Å². The third-order valence-corrected chi connectivity index (χ3v) is 5.42. The van der Waals surface area contributed by atoms with Gasteiger partial charge < -0.3 is 5.11 Å². The smallest absolute Gasteiger partial charge is 0.337 e. The van der Waals surface area contributed by atoms with Crippen LogP contribution in [-0.2, 0) is 9.84 Å². The summed E-state index contributed by atoms with van der Waals surface area (Å²) in [5.74, 6) is 0.220. The van der Waals surface area contributed by atoms with Gasteiger partial charge in [0.25, 0.3) is 0 Å². The summed E-state index contributed by atoms with van der Waals surface area (Å²) in [4.78, 5) is 12.7. The average Bonchev–Trinajstić information content (AvgIpc) is 2.27. The number of hydrogen-bond donors (Lipinski definition) is 1. The second-order valence-corrected chi connectivity index (χ2v) is 8.55. The van der Waals surface area contributed by atoms with E-state index >= 15 is 0 Å². The fourth-order valence-electron chi connectivity index (χ4n) is 1.42. The van der Waals surface area contributed by atoms with Crippen LogP contribution in [0.15, 0.2) is 28.0 Å². The lowest BCUT2D eigenvalue weighted by Crippen LogP contribution is -2.06. The first-order valence-corrected chi connectivity index (χ1v) is 9.68. The van der Waals surface area contributed by atoms with E-state index in [1.165, 1.54) is 29.8 Å². The Kier molecular flexibility index (Phi) is 6.22. The van der Waals surface area contributed by atoms with Gasteiger partial charge in [-0.05, 0) is 17.9 Å². The molecule has 1 aromatic rings. The second-order valence-electron chi connectivity index (χ2n) is 3.85. The largest absolute Gasteiger partial charge is 0.478 e. The van der Waals surface area contributed by atoms with Gasteiger partial charge in [-0.15, -0.1) is 23.5 Å². The minimum absolute atomic E-state index is 0.0435. The highest BCUT2D eigenvalue weighted by Crippen LogP contribution is 2.31. The number of thioether (sulfide) groups is 2. The first-order valence-electron chi connectivity index (χ1n) is 5.64. The molecule has 0 fully saturated rings. The van der Waals surface area contributed by atoms with Crippen LogP contribution < -0.4 is 0 Å². The Balaban J connectivity index is 2.93. The van der Waals surface area contributed by atoms with Gasteiger partial charge in [-0.2, -0.15) is 0 Å². The molecule has 4 nitrogen and oxygen atoms in total. The Morgan fingerprint density at radius 2 is 1.84 bits per heavy atom. The SMILES string of the molecule is CCSc1cccc(SCCS(C)(=O)=O)c1C(=O)O. The summed E-state index contributed by atoms with van der Waals surface area (Å²) < 4.78 is 22.2. The Morgan fingerprint density at radius 1 is 1.26 bits per heavy atom. The molecule has 7 heteroatoms. The highest BCUT2D eigenvalue weighted by atomic mass is 32.2. The standard InChI is InChI=1S/C12H16O4S3/c1-3-17-9-5-4-6-10(11(9)12(13)14)18-7-8-19(2,15)16/h4-6H,3,7-8H2,1-2H3,(H,13,14). The van der Waals surface area contributed by atoms with E-state index in [0.29, 0.717) is 10.6 Å². The second kappa shape index (κ2) is 7.21. The predicted molar refractivity (Wildman–Crippen MR) is 80.2 cm³/mol. The zero-order valence-corrected chi connectivity index (χ0v) is 13.2. The molecule has 0 amide bonds. The lowest BCUT2D eigenvalue weighted by Gasteiger charge is -2.10. The van der Waals surface area contributed by atoms with Crippen LogP contribution in [0.5, 0.6) is 0 Å². The van der Waals surface area contributed by atoms with Crippen LogP contribution >= 0.6 is 23.5 Å². The third kappa shape index (κ3) is 5.46. The van der Waals surface area contributed by atoms with Gasteiger partial charge in [-0.1, -0.05) is 13.0 Å². The molecule has 0 radical (unpaired) electrons. The maximum Gasteiger partial charge on any atom is 0.337 e. The lowest BCUT2D eigenvalue weighted by molar-refractivity contribution is 0.0689. The minimum atomic E-state index is -3.02. The summed E-state index contributed by atoms with van der Waals surface area (Å²) in [5, 5.41) is 9.29. The Morgan fingerprint density at radius 3 is 2.32 bits per heavy atom. The molecule has 0 aliphatic heterocycles. The highest BCUT2D eigenvalue weighted by molar-refractivity contribution is 8.01. The van der Waals surface area contributed by atoms with Crippen LogP contribution in [0.4, 0.5) is 0 Å². The van der Waals surface area contributed by atoms with Gasteiger partial charge in [0.2, 0.25) is 0 Å². The first-order chi connectivity index (χ1) is 8.85. The monoisotopic (exact) mass is 320 g/mol. The van der Waals surface area contributed by atoms with Gasteiger partial charge >= 0.3 is 5.97 Å². The van der Waals surface area contributed by atoms with Gasteiger partial charge in [0.1, 0.15) is 9.84 Å². The summed E-state index contributed by atoms with van der Waals surface area (Å²) in [6.45, 7) is 1.96. The van der Waals surface area contributed by atoms with Crippen LogP contribution in [0.3, 0.4) is 0 Å². The van der Waals surface area contributed by atoms with Crippen LogP contribution in [0.2, 0.25) is 0 Å². The van der Waals surface area contributed by atoms with E-state index in [0.717, 1.165) is 10.6 Å². The minimum Gasteiger partial charge on any atom is -0.478 e. The quantitative estimate of drug-likeness (QED) is 0.779. The molecule has 0 aromatic heterocycles. The van der Waals surface area contributed by atoms with E-state index < -0.39 is 15.8 Å². The Bertz CT molecular complexity index is 552. The normalized spacial score (nSPS) is 11.5. The van der Waals surface area contributed by atoms with E-state index in [9.17, 15) is 18.3 Å². The van der Waals surface area contributed by atoms with Crippen molar-refractivity contribution in [1.82, 2.24) is 0 Å². The predicted octanol–water partition coefficient (Wildman–Crippen LogP) is 2.63. The van der Waals surface area contributed by atoms with Crippen molar-refractivity contribution in [3.63, 3.8) is 0 Å². The summed E-state index contributed by atoms with van der Waals surface area (Å²) in [7, 11) is -3.02. The topological polar surface area (TPSA) is 71.4 Å².